The molecule has 0 bridgehead atoms. The van der Waals surface area contributed by atoms with E-state index in [2.05, 4.69) is 10.6 Å². The summed E-state index contributed by atoms with van der Waals surface area (Å²) >= 11 is 0. The zero-order valence-electron chi connectivity index (χ0n) is 15.9. The Morgan fingerprint density at radius 2 is 2.07 bits per heavy atom. The quantitative estimate of drug-likeness (QED) is 0.423. The zero-order valence-corrected chi connectivity index (χ0v) is 15.9. The number of anilines is 1. The molecule has 0 spiro atoms. The van der Waals surface area contributed by atoms with E-state index in [1.165, 1.54) is 6.07 Å². The van der Waals surface area contributed by atoms with Crippen LogP contribution in [0.3, 0.4) is 0 Å². The van der Waals surface area contributed by atoms with E-state index in [1.807, 2.05) is 13.8 Å². The monoisotopic (exact) mass is 379 g/mol. The van der Waals surface area contributed by atoms with Crippen LogP contribution in [0.25, 0.3) is 0 Å². The molecule has 150 valence electrons. The van der Waals surface area contributed by atoms with Crippen molar-refractivity contribution in [2.45, 2.75) is 45.7 Å². The lowest BCUT2D eigenvalue weighted by Gasteiger charge is -2.22. The summed E-state index contributed by atoms with van der Waals surface area (Å²) < 4.78 is 5.34. The van der Waals surface area contributed by atoms with Crippen LogP contribution < -0.4 is 10.6 Å². The number of hydrogen-bond donors (Lipinski definition) is 3. The first kappa shape index (κ1) is 21.1. The van der Waals surface area contributed by atoms with Gasteiger partial charge in [0.1, 0.15) is 11.7 Å². The van der Waals surface area contributed by atoms with Crippen LogP contribution in [0.15, 0.2) is 18.2 Å². The van der Waals surface area contributed by atoms with Gasteiger partial charge in [-0.05, 0) is 42.7 Å². The SMILES string of the molecule is CC(C)CC(NCc1ccc([N+](=O)[O-])c(NCC2CCOCC2)c1)C(=O)O. The summed E-state index contributed by atoms with van der Waals surface area (Å²) in [5.74, 6) is -0.196. The van der Waals surface area contributed by atoms with Crippen molar-refractivity contribution in [2.75, 3.05) is 25.1 Å². The molecule has 1 heterocycles. The summed E-state index contributed by atoms with van der Waals surface area (Å²) in [6.07, 6.45) is 2.41. The third-order valence-electron chi connectivity index (χ3n) is 4.74. The van der Waals surface area contributed by atoms with Crippen LogP contribution in [0.2, 0.25) is 0 Å². The number of hydrogen-bond acceptors (Lipinski definition) is 6. The van der Waals surface area contributed by atoms with Crippen molar-refractivity contribution in [3.05, 3.63) is 33.9 Å². The lowest BCUT2D eigenvalue weighted by Crippen LogP contribution is -2.37. The highest BCUT2D eigenvalue weighted by atomic mass is 16.6. The van der Waals surface area contributed by atoms with Crippen LogP contribution in [0.1, 0.15) is 38.7 Å². The third kappa shape index (κ3) is 6.80. The summed E-state index contributed by atoms with van der Waals surface area (Å²) in [5, 5.41) is 26.9. The van der Waals surface area contributed by atoms with Gasteiger partial charge >= 0.3 is 5.97 Å². The topological polar surface area (TPSA) is 114 Å². The van der Waals surface area contributed by atoms with Crippen molar-refractivity contribution < 1.29 is 19.6 Å². The van der Waals surface area contributed by atoms with Crippen LogP contribution >= 0.6 is 0 Å². The molecular formula is C19H29N3O5. The standard InChI is InChI=1S/C19H29N3O5/c1-13(2)9-17(19(23)24)21-12-15-3-4-18(22(25)26)16(10-15)20-11-14-5-7-27-8-6-14/h3-4,10,13-14,17,20-21H,5-9,11-12H2,1-2H3,(H,23,24). The maximum atomic E-state index is 11.4. The molecule has 2 rings (SSSR count). The first-order chi connectivity index (χ1) is 12.9. The second kappa shape index (κ2) is 10.2. The molecule has 0 aromatic heterocycles. The Kier molecular flexibility index (Phi) is 7.99. The summed E-state index contributed by atoms with van der Waals surface area (Å²) in [7, 11) is 0. The van der Waals surface area contributed by atoms with Gasteiger partial charge in [-0.25, -0.2) is 0 Å². The number of benzene rings is 1. The number of carbonyl (C=O) groups is 1. The predicted octanol–water partition coefficient (Wildman–Crippen LogP) is 3.02. The smallest absolute Gasteiger partial charge is 0.320 e. The fourth-order valence-electron chi connectivity index (χ4n) is 3.18. The largest absolute Gasteiger partial charge is 0.480 e. The molecule has 1 saturated heterocycles. The maximum absolute atomic E-state index is 11.4. The number of nitro groups is 1. The third-order valence-corrected chi connectivity index (χ3v) is 4.74. The Morgan fingerprint density at radius 3 is 2.67 bits per heavy atom. The number of carboxylic acid groups (broad SMARTS) is 1. The summed E-state index contributed by atoms with van der Waals surface area (Å²) in [6.45, 7) is 6.40. The predicted molar refractivity (Wildman–Crippen MR) is 103 cm³/mol. The molecule has 0 radical (unpaired) electrons. The van der Waals surface area contributed by atoms with E-state index in [1.54, 1.807) is 12.1 Å². The number of rotatable bonds is 10. The molecule has 1 aliphatic heterocycles. The van der Waals surface area contributed by atoms with Crippen LogP contribution in [0, 0.1) is 22.0 Å². The maximum Gasteiger partial charge on any atom is 0.320 e. The lowest BCUT2D eigenvalue weighted by molar-refractivity contribution is -0.384. The fraction of sp³-hybridized carbons (Fsp3) is 0.632. The van der Waals surface area contributed by atoms with Gasteiger partial charge in [0.2, 0.25) is 0 Å². The number of nitro benzene ring substituents is 1. The van der Waals surface area contributed by atoms with E-state index in [0.29, 0.717) is 31.1 Å². The second-order valence-electron chi connectivity index (χ2n) is 7.45. The molecule has 1 fully saturated rings. The molecule has 1 aromatic rings. The number of nitrogens with one attached hydrogen (secondary N) is 2. The van der Waals surface area contributed by atoms with Gasteiger partial charge < -0.3 is 20.5 Å². The summed E-state index contributed by atoms with van der Waals surface area (Å²) in [6, 6.07) is 4.23. The van der Waals surface area contributed by atoms with Gasteiger partial charge in [-0.1, -0.05) is 19.9 Å². The lowest BCUT2D eigenvalue weighted by atomic mass is 10.00. The van der Waals surface area contributed by atoms with Gasteiger partial charge in [0, 0.05) is 32.4 Å². The van der Waals surface area contributed by atoms with E-state index in [9.17, 15) is 20.0 Å². The van der Waals surface area contributed by atoms with Crippen molar-refractivity contribution >= 4 is 17.3 Å². The van der Waals surface area contributed by atoms with E-state index >= 15 is 0 Å². The van der Waals surface area contributed by atoms with E-state index in [-0.39, 0.29) is 11.6 Å². The normalized spacial score (nSPS) is 16.3. The Hall–Kier alpha value is -2.19. The first-order valence-corrected chi connectivity index (χ1v) is 9.42. The van der Waals surface area contributed by atoms with Gasteiger partial charge in [-0.3, -0.25) is 14.9 Å². The molecule has 1 aliphatic rings. The number of nitrogens with zero attached hydrogens (tertiary/aromatic N) is 1. The van der Waals surface area contributed by atoms with Gasteiger partial charge in [-0.15, -0.1) is 0 Å². The molecule has 1 atom stereocenters. The molecule has 1 unspecified atom stereocenters. The molecule has 0 saturated carbocycles. The van der Waals surface area contributed by atoms with Crippen molar-refractivity contribution in [2.24, 2.45) is 11.8 Å². The first-order valence-electron chi connectivity index (χ1n) is 9.42. The van der Waals surface area contributed by atoms with Crippen LogP contribution in [0.4, 0.5) is 11.4 Å². The number of aliphatic carboxylic acids is 1. The summed E-state index contributed by atoms with van der Waals surface area (Å²) in [5.41, 5.74) is 1.31. The molecule has 8 heteroatoms. The van der Waals surface area contributed by atoms with Crippen LogP contribution in [0.5, 0.6) is 0 Å². The minimum atomic E-state index is -0.886. The Bertz CT molecular complexity index is 644. The number of carboxylic acids is 1. The van der Waals surface area contributed by atoms with Crippen LogP contribution in [-0.2, 0) is 16.1 Å². The number of ether oxygens (including phenoxy) is 1. The van der Waals surface area contributed by atoms with Gasteiger partial charge in [0.15, 0.2) is 0 Å². The van der Waals surface area contributed by atoms with Crippen LogP contribution in [-0.4, -0.2) is 41.8 Å². The summed E-state index contributed by atoms with van der Waals surface area (Å²) in [4.78, 5) is 22.3. The zero-order chi connectivity index (χ0) is 19.8. The van der Waals surface area contributed by atoms with Crippen molar-refractivity contribution in [3.8, 4) is 0 Å². The Morgan fingerprint density at radius 1 is 1.37 bits per heavy atom. The second-order valence-corrected chi connectivity index (χ2v) is 7.45. The minimum Gasteiger partial charge on any atom is -0.480 e. The van der Waals surface area contributed by atoms with E-state index in [0.717, 1.165) is 31.6 Å². The molecule has 0 aliphatic carbocycles. The van der Waals surface area contributed by atoms with Crippen molar-refractivity contribution in [3.63, 3.8) is 0 Å². The molecule has 0 amide bonds. The van der Waals surface area contributed by atoms with Gasteiger partial charge in [0.25, 0.3) is 5.69 Å². The van der Waals surface area contributed by atoms with Gasteiger partial charge in [-0.2, -0.15) is 0 Å². The fourth-order valence-corrected chi connectivity index (χ4v) is 3.18. The highest BCUT2D eigenvalue weighted by Gasteiger charge is 2.20. The molecule has 27 heavy (non-hydrogen) atoms. The highest BCUT2D eigenvalue weighted by Crippen LogP contribution is 2.27. The Balaban J connectivity index is 2.04. The van der Waals surface area contributed by atoms with Crippen molar-refractivity contribution in [1.82, 2.24) is 5.32 Å². The van der Waals surface area contributed by atoms with E-state index in [4.69, 9.17) is 4.74 Å². The van der Waals surface area contributed by atoms with Crippen molar-refractivity contribution in [1.29, 1.82) is 0 Å². The Labute approximate surface area is 159 Å². The molecule has 8 nitrogen and oxygen atoms in total. The minimum absolute atomic E-state index is 0.0303. The van der Waals surface area contributed by atoms with E-state index < -0.39 is 16.9 Å². The molecular weight excluding hydrogens is 350 g/mol. The van der Waals surface area contributed by atoms with Gasteiger partial charge in [0.05, 0.1) is 4.92 Å². The molecule has 3 N–H and O–H groups in total. The molecule has 1 aromatic carbocycles. The average Bonchev–Trinajstić information content (AvgIpc) is 2.63. The average molecular weight is 379 g/mol. The highest BCUT2D eigenvalue weighted by molar-refractivity contribution is 5.73.